The second kappa shape index (κ2) is 10.8. The Morgan fingerprint density at radius 2 is 1.95 bits per heavy atom. The first-order valence-corrected chi connectivity index (χ1v) is 13.0. The van der Waals surface area contributed by atoms with Gasteiger partial charge in [-0.2, -0.15) is 0 Å². The van der Waals surface area contributed by atoms with Crippen LogP contribution in [0.4, 0.5) is 5.88 Å². The number of aromatic nitrogens is 1. The number of hydrogen-bond donors (Lipinski definition) is 0. The fourth-order valence-electron chi connectivity index (χ4n) is 4.72. The Balaban J connectivity index is 1.62. The molecule has 1 atom stereocenters. The van der Waals surface area contributed by atoms with Crippen LogP contribution in [0, 0.1) is 0 Å². The van der Waals surface area contributed by atoms with E-state index in [2.05, 4.69) is 9.89 Å². The minimum absolute atomic E-state index is 0.0903. The van der Waals surface area contributed by atoms with Gasteiger partial charge in [0.1, 0.15) is 24.2 Å². The molecule has 2 aliphatic heterocycles. The number of allylic oxidation sites excluding steroid dienone is 1. The summed E-state index contributed by atoms with van der Waals surface area (Å²) in [4.78, 5) is 34.4. The van der Waals surface area contributed by atoms with Gasteiger partial charge < -0.3 is 23.5 Å². The van der Waals surface area contributed by atoms with Crippen molar-refractivity contribution in [3.63, 3.8) is 0 Å². The van der Waals surface area contributed by atoms with E-state index >= 15 is 0 Å². The number of thiazole rings is 1. The summed E-state index contributed by atoms with van der Waals surface area (Å²) < 4.78 is 24.1. The van der Waals surface area contributed by atoms with E-state index in [0.717, 1.165) is 31.8 Å². The van der Waals surface area contributed by atoms with E-state index in [4.69, 9.17) is 18.6 Å². The lowest BCUT2D eigenvalue weighted by atomic mass is 9.95. The van der Waals surface area contributed by atoms with Crippen molar-refractivity contribution in [2.75, 3.05) is 45.4 Å². The van der Waals surface area contributed by atoms with Crippen molar-refractivity contribution < 1.29 is 23.4 Å². The third kappa shape index (κ3) is 4.86. The largest absolute Gasteiger partial charge is 0.496 e. The van der Waals surface area contributed by atoms with Gasteiger partial charge in [-0.3, -0.25) is 9.36 Å². The van der Waals surface area contributed by atoms with Crippen molar-refractivity contribution in [1.82, 2.24) is 4.57 Å². The van der Waals surface area contributed by atoms with Crippen LogP contribution in [0.1, 0.15) is 37.1 Å². The summed E-state index contributed by atoms with van der Waals surface area (Å²) in [6.45, 7) is 4.04. The molecular formula is C27H29N3O6S. The van der Waals surface area contributed by atoms with Crippen LogP contribution in [-0.4, -0.2) is 51.1 Å². The van der Waals surface area contributed by atoms with Crippen LogP contribution in [0.5, 0.6) is 5.75 Å². The van der Waals surface area contributed by atoms with Gasteiger partial charge in [0.25, 0.3) is 5.56 Å². The van der Waals surface area contributed by atoms with E-state index < -0.39 is 12.0 Å². The first-order valence-electron chi connectivity index (χ1n) is 12.2. The average Bonchev–Trinajstić information content (AvgIpc) is 3.65. The minimum Gasteiger partial charge on any atom is -0.496 e. The van der Waals surface area contributed by atoms with Crippen molar-refractivity contribution in [3.8, 4) is 5.75 Å². The predicted octanol–water partition coefficient (Wildman–Crippen LogP) is 2.63. The van der Waals surface area contributed by atoms with Crippen molar-refractivity contribution in [2.24, 2.45) is 4.99 Å². The molecule has 0 spiro atoms. The molecule has 0 radical (unpaired) electrons. The van der Waals surface area contributed by atoms with Crippen LogP contribution in [0.2, 0.25) is 0 Å². The zero-order valence-electron chi connectivity index (χ0n) is 21.1. The molecule has 3 aromatic rings. The Bertz CT molecular complexity index is 1510. The maximum atomic E-state index is 13.8. The third-order valence-electron chi connectivity index (χ3n) is 6.50. The summed E-state index contributed by atoms with van der Waals surface area (Å²) in [7, 11) is 3.10. The Kier molecular flexibility index (Phi) is 7.29. The van der Waals surface area contributed by atoms with Crippen molar-refractivity contribution >= 4 is 29.3 Å². The van der Waals surface area contributed by atoms with Gasteiger partial charge in [0.2, 0.25) is 0 Å². The molecule has 1 unspecified atom stereocenters. The number of anilines is 1. The Hall–Kier alpha value is -3.63. The number of methoxy groups -OCH3 is 2. The highest BCUT2D eigenvalue weighted by Crippen LogP contribution is 2.35. The van der Waals surface area contributed by atoms with Gasteiger partial charge in [0.15, 0.2) is 10.7 Å². The molecule has 9 nitrogen and oxygen atoms in total. The Morgan fingerprint density at radius 3 is 2.70 bits per heavy atom. The molecule has 2 aromatic heterocycles. The molecule has 0 N–H and O–H groups in total. The summed E-state index contributed by atoms with van der Waals surface area (Å²) in [5.41, 5.74) is 1.17. The lowest BCUT2D eigenvalue weighted by molar-refractivity contribution is -0.140. The molecule has 5 rings (SSSR count). The average molecular weight is 524 g/mol. The molecule has 4 heterocycles. The van der Waals surface area contributed by atoms with E-state index in [1.54, 1.807) is 30.7 Å². The van der Waals surface area contributed by atoms with Crippen LogP contribution >= 0.6 is 11.3 Å². The molecule has 0 bridgehead atoms. The van der Waals surface area contributed by atoms with Gasteiger partial charge in [-0.1, -0.05) is 29.5 Å². The van der Waals surface area contributed by atoms with Crippen LogP contribution in [0.25, 0.3) is 6.08 Å². The first-order chi connectivity index (χ1) is 18.0. The summed E-state index contributed by atoms with van der Waals surface area (Å²) in [5.74, 6) is 1.40. The molecule has 194 valence electrons. The molecule has 0 saturated carbocycles. The Labute approximate surface area is 217 Å². The number of esters is 1. The second-order valence-electron chi connectivity index (χ2n) is 8.82. The van der Waals surface area contributed by atoms with Crippen LogP contribution in [-0.2, 0) is 14.3 Å². The first kappa shape index (κ1) is 25.0. The maximum Gasteiger partial charge on any atom is 0.338 e. The zero-order chi connectivity index (χ0) is 25.9. The van der Waals surface area contributed by atoms with Crippen molar-refractivity contribution in [3.05, 3.63) is 78.7 Å². The number of fused-ring (bicyclic) bond motifs is 1. The van der Waals surface area contributed by atoms with Gasteiger partial charge in [0, 0.05) is 37.9 Å². The van der Waals surface area contributed by atoms with E-state index in [9.17, 15) is 9.59 Å². The summed E-state index contributed by atoms with van der Waals surface area (Å²) in [6.07, 6.45) is 4.03. The fraction of sp³-hybridized carbons (Fsp3) is 0.370. The molecule has 37 heavy (non-hydrogen) atoms. The SMILES string of the molecule is COCCOC(=O)C1=C(C)N=c2sc(=Cc3ccc(N4CCCC4)o3)c(=O)n2C1c1ccccc1OC. The number of carbonyl (C=O) groups excluding carboxylic acids is 1. The van der Waals surface area contributed by atoms with E-state index in [1.807, 2.05) is 30.3 Å². The zero-order valence-corrected chi connectivity index (χ0v) is 21.9. The van der Waals surface area contributed by atoms with Gasteiger partial charge in [0.05, 0.1) is 29.5 Å². The normalized spacial score (nSPS) is 17.6. The molecule has 10 heteroatoms. The Morgan fingerprint density at radius 1 is 1.16 bits per heavy atom. The third-order valence-corrected chi connectivity index (χ3v) is 7.48. The summed E-state index contributed by atoms with van der Waals surface area (Å²) >= 11 is 1.26. The standard InChI is InChI=1S/C27H29N3O6S/c1-17-23(26(32)35-15-14-33-2)24(19-8-4-5-9-20(19)34-3)30-25(31)21(37-27(30)28-17)16-18-10-11-22(36-18)29-12-6-7-13-29/h4-5,8-11,16,24H,6-7,12-15H2,1-3H3. The van der Waals surface area contributed by atoms with E-state index in [-0.39, 0.29) is 24.3 Å². The predicted molar refractivity (Wildman–Crippen MR) is 140 cm³/mol. The summed E-state index contributed by atoms with van der Waals surface area (Å²) in [5, 5.41) is 0. The molecule has 1 fully saturated rings. The molecule has 2 aliphatic rings. The molecule has 1 saturated heterocycles. The molecule has 0 amide bonds. The van der Waals surface area contributed by atoms with Gasteiger partial charge in [-0.25, -0.2) is 9.79 Å². The highest BCUT2D eigenvalue weighted by atomic mass is 32.1. The number of para-hydroxylation sites is 1. The minimum atomic E-state index is -0.763. The van der Waals surface area contributed by atoms with E-state index in [0.29, 0.717) is 32.1 Å². The number of hydrogen-bond acceptors (Lipinski definition) is 9. The number of carbonyl (C=O) groups is 1. The number of rotatable bonds is 8. The van der Waals surface area contributed by atoms with Gasteiger partial charge >= 0.3 is 5.97 Å². The van der Waals surface area contributed by atoms with Crippen LogP contribution in [0.3, 0.4) is 0 Å². The maximum absolute atomic E-state index is 13.8. The van der Waals surface area contributed by atoms with Crippen LogP contribution < -0.4 is 24.5 Å². The lowest BCUT2D eigenvalue weighted by Gasteiger charge is -2.26. The monoisotopic (exact) mass is 523 g/mol. The lowest BCUT2D eigenvalue weighted by Crippen LogP contribution is -2.40. The topological polar surface area (TPSA) is 95.5 Å². The number of furan rings is 1. The van der Waals surface area contributed by atoms with Crippen molar-refractivity contribution in [1.29, 1.82) is 0 Å². The van der Waals surface area contributed by atoms with Crippen LogP contribution in [0.15, 0.2) is 61.9 Å². The quantitative estimate of drug-likeness (QED) is 0.331. The number of nitrogens with zero attached hydrogens (tertiary/aromatic N) is 3. The molecule has 1 aromatic carbocycles. The van der Waals surface area contributed by atoms with Gasteiger partial charge in [-0.05, 0) is 31.9 Å². The second-order valence-corrected chi connectivity index (χ2v) is 9.83. The van der Waals surface area contributed by atoms with Crippen molar-refractivity contribution in [2.45, 2.75) is 25.8 Å². The highest BCUT2D eigenvalue weighted by Gasteiger charge is 2.35. The fourth-order valence-corrected chi connectivity index (χ4v) is 5.75. The smallest absolute Gasteiger partial charge is 0.338 e. The number of ether oxygens (including phenoxy) is 3. The summed E-state index contributed by atoms with van der Waals surface area (Å²) in [6, 6.07) is 10.4. The molecule has 0 aliphatic carbocycles. The highest BCUT2D eigenvalue weighted by molar-refractivity contribution is 7.07. The molecular weight excluding hydrogens is 494 g/mol. The van der Waals surface area contributed by atoms with Gasteiger partial charge in [-0.15, -0.1) is 0 Å². The number of benzene rings is 1. The van der Waals surface area contributed by atoms with E-state index in [1.165, 1.54) is 18.4 Å².